The summed E-state index contributed by atoms with van der Waals surface area (Å²) < 4.78 is 0. The highest BCUT2D eigenvalue weighted by Crippen LogP contribution is 2.33. The molecule has 1 aliphatic rings. The summed E-state index contributed by atoms with van der Waals surface area (Å²) in [6, 6.07) is 15.9. The number of benzene rings is 2. The average molecular weight is 315 g/mol. The first-order valence-corrected chi connectivity index (χ1v) is 8.26. The fourth-order valence-electron chi connectivity index (χ4n) is 2.97. The first-order valence-electron chi connectivity index (χ1n) is 7.14. The standard InChI is InChI=1S/C18H19Br/c19-12-4-3-5-14-8-11-18-16(13-14)10-9-15-6-1-2-7-17(15)18/h1-2,6-8,11,13H,3-5,9-10,12H2. The molecule has 98 valence electrons. The van der Waals surface area contributed by atoms with Crippen molar-refractivity contribution >= 4 is 15.9 Å². The van der Waals surface area contributed by atoms with Crippen LogP contribution in [0.5, 0.6) is 0 Å². The molecule has 2 aromatic rings. The molecule has 0 saturated heterocycles. The highest BCUT2D eigenvalue weighted by atomic mass is 79.9. The molecular weight excluding hydrogens is 296 g/mol. The Morgan fingerprint density at radius 2 is 1.63 bits per heavy atom. The van der Waals surface area contributed by atoms with Gasteiger partial charge in [0.15, 0.2) is 0 Å². The molecule has 19 heavy (non-hydrogen) atoms. The fraction of sp³-hybridized carbons (Fsp3) is 0.333. The van der Waals surface area contributed by atoms with Crippen LogP contribution < -0.4 is 0 Å². The van der Waals surface area contributed by atoms with Crippen molar-refractivity contribution in [2.75, 3.05) is 5.33 Å². The van der Waals surface area contributed by atoms with Crippen molar-refractivity contribution in [2.45, 2.75) is 32.1 Å². The summed E-state index contributed by atoms with van der Waals surface area (Å²) in [5, 5.41) is 1.12. The maximum Gasteiger partial charge on any atom is 0.00314 e. The van der Waals surface area contributed by atoms with E-state index in [2.05, 4.69) is 58.4 Å². The summed E-state index contributed by atoms with van der Waals surface area (Å²) in [4.78, 5) is 0. The van der Waals surface area contributed by atoms with Crippen LogP contribution in [-0.4, -0.2) is 5.33 Å². The van der Waals surface area contributed by atoms with Gasteiger partial charge >= 0.3 is 0 Å². The lowest BCUT2D eigenvalue weighted by molar-refractivity contribution is 0.803. The third kappa shape index (κ3) is 2.76. The van der Waals surface area contributed by atoms with Crippen molar-refractivity contribution < 1.29 is 0 Å². The summed E-state index contributed by atoms with van der Waals surface area (Å²) >= 11 is 3.50. The van der Waals surface area contributed by atoms with Gasteiger partial charge in [-0.2, -0.15) is 0 Å². The zero-order chi connectivity index (χ0) is 13.1. The second kappa shape index (κ2) is 5.92. The Kier molecular flexibility index (Phi) is 4.03. The van der Waals surface area contributed by atoms with E-state index in [0.29, 0.717) is 0 Å². The predicted molar refractivity (Wildman–Crippen MR) is 86.0 cm³/mol. The van der Waals surface area contributed by atoms with Gasteiger partial charge in [-0.3, -0.25) is 0 Å². The maximum atomic E-state index is 3.50. The fourth-order valence-corrected chi connectivity index (χ4v) is 3.36. The molecule has 0 heterocycles. The quantitative estimate of drug-likeness (QED) is 0.539. The Morgan fingerprint density at radius 3 is 2.53 bits per heavy atom. The van der Waals surface area contributed by atoms with Crippen LogP contribution in [-0.2, 0) is 19.3 Å². The van der Waals surface area contributed by atoms with Gasteiger partial charge in [0.2, 0.25) is 0 Å². The van der Waals surface area contributed by atoms with Crippen molar-refractivity contribution in [3.63, 3.8) is 0 Å². The van der Waals surface area contributed by atoms with E-state index in [9.17, 15) is 0 Å². The minimum Gasteiger partial charge on any atom is -0.0928 e. The van der Waals surface area contributed by atoms with E-state index in [1.54, 1.807) is 0 Å². The number of fused-ring (bicyclic) bond motifs is 3. The van der Waals surface area contributed by atoms with Crippen molar-refractivity contribution in [3.05, 3.63) is 59.2 Å². The summed E-state index contributed by atoms with van der Waals surface area (Å²) in [5.74, 6) is 0. The molecule has 0 aliphatic heterocycles. The van der Waals surface area contributed by atoms with Crippen molar-refractivity contribution in [1.29, 1.82) is 0 Å². The molecule has 0 amide bonds. The second-order valence-corrected chi connectivity index (χ2v) is 6.09. The number of rotatable bonds is 4. The number of hydrogen-bond donors (Lipinski definition) is 0. The van der Waals surface area contributed by atoms with E-state index in [-0.39, 0.29) is 0 Å². The molecule has 1 heteroatoms. The van der Waals surface area contributed by atoms with E-state index in [0.717, 1.165) is 5.33 Å². The Labute approximate surface area is 124 Å². The predicted octanol–water partition coefficient (Wildman–Crippen LogP) is 5.17. The van der Waals surface area contributed by atoms with E-state index in [1.807, 2.05) is 0 Å². The summed E-state index contributed by atoms with van der Waals surface area (Å²) in [5.41, 5.74) is 7.43. The Bertz CT molecular complexity index is 572. The van der Waals surface area contributed by atoms with E-state index >= 15 is 0 Å². The molecule has 3 rings (SSSR count). The van der Waals surface area contributed by atoms with E-state index < -0.39 is 0 Å². The van der Waals surface area contributed by atoms with Crippen LogP contribution in [0.1, 0.15) is 29.5 Å². The molecule has 0 nitrogen and oxygen atoms in total. The summed E-state index contributed by atoms with van der Waals surface area (Å²) in [6.45, 7) is 0. The van der Waals surface area contributed by atoms with Crippen molar-refractivity contribution in [1.82, 2.24) is 0 Å². The highest BCUT2D eigenvalue weighted by molar-refractivity contribution is 9.09. The SMILES string of the molecule is BrCCCCc1ccc2c(c1)CCc1ccccc1-2. The monoisotopic (exact) mass is 314 g/mol. The van der Waals surface area contributed by atoms with Gasteiger partial charge in [0.05, 0.1) is 0 Å². The van der Waals surface area contributed by atoms with Crippen LogP contribution in [0.25, 0.3) is 11.1 Å². The minimum absolute atomic E-state index is 1.12. The van der Waals surface area contributed by atoms with Crippen molar-refractivity contribution in [3.8, 4) is 11.1 Å². The lowest BCUT2D eigenvalue weighted by Gasteiger charge is -2.20. The minimum atomic E-state index is 1.12. The molecule has 0 aromatic heterocycles. The van der Waals surface area contributed by atoms with Crippen LogP contribution >= 0.6 is 15.9 Å². The van der Waals surface area contributed by atoms with E-state index in [1.165, 1.54) is 59.9 Å². The molecule has 0 saturated carbocycles. The molecular formula is C18H19Br. The molecule has 0 unspecified atom stereocenters. The molecule has 0 radical (unpaired) electrons. The van der Waals surface area contributed by atoms with Gasteiger partial charge in [0.1, 0.15) is 0 Å². The summed E-state index contributed by atoms with van der Waals surface area (Å²) in [6.07, 6.45) is 6.13. The number of unbranched alkanes of at least 4 members (excludes halogenated alkanes) is 1. The number of aryl methyl sites for hydroxylation is 3. The molecule has 1 aliphatic carbocycles. The van der Waals surface area contributed by atoms with Gasteiger partial charge in [-0.25, -0.2) is 0 Å². The number of halogens is 1. The topological polar surface area (TPSA) is 0 Å². The third-order valence-corrected chi connectivity index (χ3v) is 4.55. The van der Waals surface area contributed by atoms with Gasteiger partial charge in [-0.1, -0.05) is 58.4 Å². The zero-order valence-electron chi connectivity index (χ0n) is 11.2. The van der Waals surface area contributed by atoms with Crippen LogP contribution in [0.2, 0.25) is 0 Å². The van der Waals surface area contributed by atoms with Gasteiger partial charge in [-0.15, -0.1) is 0 Å². The number of hydrogen-bond acceptors (Lipinski definition) is 0. The Hall–Kier alpha value is -1.08. The second-order valence-electron chi connectivity index (χ2n) is 5.29. The first kappa shape index (κ1) is 12.9. The van der Waals surface area contributed by atoms with E-state index in [4.69, 9.17) is 0 Å². The van der Waals surface area contributed by atoms with Crippen LogP contribution in [0.3, 0.4) is 0 Å². The number of alkyl halides is 1. The third-order valence-electron chi connectivity index (χ3n) is 3.99. The van der Waals surface area contributed by atoms with Crippen molar-refractivity contribution in [2.24, 2.45) is 0 Å². The van der Waals surface area contributed by atoms with Gasteiger partial charge < -0.3 is 0 Å². The lowest BCUT2D eigenvalue weighted by atomic mass is 9.84. The van der Waals surface area contributed by atoms with Crippen LogP contribution in [0.15, 0.2) is 42.5 Å². The molecule has 0 spiro atoms. The van der Waals surface area contributed by atoms with Crippen LogP contribution in [0.4, 0.5) is 0 Å². The summed E-state index contributed by atoms with van der Waals surface area (Å²) in [7, 11) is 0. The normalized spacial score (nSPS) is 12.9. The lowest BCUT2D eigenvalue weighted by Crippen LogP contribution is -2.04. The molecule has 0 N–H and O–H groups in total. The first-order chi connectivity index (χ1) is 9.38. The molecule has 0 bridgehead atoms. The molecule has 0 fully saturated rings. The Balaban J connectivity index is 1.87. The van der Waals surface area contributed by atoms with Gasteiger partial charge in [-0.05, 0) is 59.9 Å². The molecule has 0 atom stereocenters. The largest absolute Gasteiger partial charge is 0.0928 e. The van der Waals surface area contributed by atoms with Gasteiger partial charge in [0.25, 0.3) is 0 Å². The molecule has 2 aromatic carbocycles. The smallest absolute Gasteiger partial charge is 0.00314 e. The van der Waals surface area contributed by atoms with Crippen LogP contribution in [0, 0.1) is 0 Å². The van der Waals surface area contributed by atoms with Gasteiger partial charge in [0, 0.05) is 5.33 Å². The zero-order valence-corrected chi connectivity index (χ0v) is 12.7. The highest BCUT2D eigenvalue weighted by Gasteiger charge is 2.15. The average Bonchev–Trinajstić information content (AvgIpc) is 2.47. The Morgan fingerprint density at radius 1 is 0.842 bits per heavy atom. The maximum absolute atomic E-state index is 3.50.